The molecule has 0 radical (unpaired) electrons. The molecule has 2 aromatic rings. The molecule has 0 unspecified atom stereocenters. The Morgan fingerprint density at radius 2 is 1.88 bits per heavy atom. The number of amides is 2. The molecule has 5 rings (SSSR count). The molecule has 2 amide bonds. The number of carbonyl (C=O) groups excluding carboxylic acids is 2. The molecular weight excluding hydrogens is 406 g/mol. The monoisotopic (exact) mass is 441 g/mol. The largest absolute Gasteiger partial charge is 0.460 e. The van der Waals surface area contributed by atoms with Crippen molar-refractivity contribution in [3.05, 3.63) is 23.6 Å². The van der Waals surface area contributed by atoms with Crippen LogP contribution in [-0.2, 0) is 16.1 Å². The molecule has 4 heterocycles. The highest BCUT2D eigenvalue weighted by Crippen LogP contribution is 2.35. The third kappa shape index (κ3) is 3.85. The molecule has 1 saturated carbocycles. The summed E-state index contributed by atoms with van der Waals surface area (Å²) in [4.78, 5) is 29.3. The minimum Gasteiger partial charge on any atom is -0.460 e. The first-order valence-electron chi connectivity index (χ1n) is 12.3. The van der Waals surface area contributed by atoms with Gasteiger partial charge >= 0.3 is 0 Å². The number of carbonyl (C=O) groups is 2. The predicted molar refractivity (Wildman–Crippen MR) is 122 cm³/mol. The summed E-state index contributed by atoms with van der Waals surface area (Å²) in [7, 11) is 0. The van der Waals surface area contributed by atoms with Gasteiger partial charge in [0.25, 0.3) is 5.91 Å². The second kappa shape index (κ2) is 8.58. The van der Waals surface area contributed by atoms with Crippen LogP contribution in [0.25, 0.3) is 11.1 Å². The third-order valence-corrected chi connectivity index (χ3v) is 7.58. The highest BCUT2D eigenvalue weighted by molar-refractivity contribution is 6.03. The maximum atomic E-state index is 13.8. The van der Waals surface area contributed by atoms with Crippen molar-refractivity contribution in [3.8, 4) is 0 Å². The van der Waals surface area contributed by atoms with Crippen LogP contribution < -0.4 is 5.32 Å². The van der Waals surface area contributed by atoms with Gasteiger partial charge in [-0.05, 0) is 39.5 Å². The van der Waals surface area contributed by atoms with Crippen LogP contribution in [0.1, 0.15) is 81.0 Å². The zero-order valence-electron chi connectivity index (χ0n) is 19.3. The van der Waals surface area contributed by atoms with Gasteiger partial charge in [0.1, 0.15) is 17.0 Å². The molecule has 2 aromatic heterocycles. The van der Waals surface area contributed by atoms with Gasteiger partial charge in [-0.1, -0.05) is 32.1 Å². The van der Waals surface area contributed by atoms with Crippen molar-refractivity contribution in [2.45, 2.75) is 95.9 Å². The Morgan fingerprint density at radius 3 is 2.59 bits per heavy atom. The lowest BCUT2D eigenvalue weighted by molar-refractivity contribution is -0.134. The van der Waals surface area contributed by atoms with Crippen molar-refractivity contribution >= 4 is 22.9 Å². The number of nitrogens with zero attached hydrogens (tertiary/aromatic N) is 2. The molecule has 2 atom stereocenters. The summed E-state index contributed by atoms with van der Waals surface area (Å²) < 4.78 is 13.6. The van der Waals surface area contributed by atoms with Gasteiger partial charge in [0.15, 0.2) is 5.58 Å². The first-order valence-corrected chi connectivity index (χ1v) is 12.3. The highest BCUT2D eigenvalue weighted by atomic mass is 16.5. The number of aromatic nitrogens is 1. The Labute approximate surface area is 189 Å². The molecule has 1 N–H and O–H groups in total. The molecule has 0 spiro atoms. The summed E-state index contributed by atoms with van der Waals surface area (Å²) in [6.07, 6.45) is 10.00. The minimum atomic E-state index is -0.977. The molecular formula is C25H35N3O4. The summed E-state index contributed by atoms with van der Waals surface area (Å²) in [5.74, 6) is 0.633. The quantitative estimate of drug-likeness (QED) is 0.773. The summed E-state index contributed by atoms with van der Waals surface area (Å²) in [5, 5.41) is 3.34. The Kier molecular flexibility index (Phi) is 5.78. The van der Waals surface area contributed by atoms with Crippen molar-refractivity contribution in [2.75, 3.05) is 13.2 Å². The van der Waals surface area contributed by atoms with E-state index in [-0.39, 0.29) is 24.0 Å². The van der Waals surface area contributed by atoms with Crippen molar-refractivity contribution in [2.24, 2.45) is 0 Å². The number of furan rings is 1. The van der Waals surface area contributed by atoms with Crippen molar-refractivity contribution in [3.63, 3.8) is 0 Å². The van der Waals surface area contributed by atoms with Gasteiger partial charge in [-0.15, -0.1) is 0 Å². The zero-order chi connectivity index (χ0) is 22.3. The van der Waals surface area contributed by atoms with Crippen molar-refractivity contribution in [1.82, 2.24) is 14.8 Å². The van der Waals surface area contributed by atoms with E-state index in [2.05, 4.69) is 5.32 Å². The standard InChI is InChI=1S/C25H35N3O4/c1-17-13-20-22(32-17)14-21-23(29)28(15-19-11-8-12-31-19)25(2,16-27(20)21)24(30)26-18-9-6-4-3-5-7-10-18/h13-14,18-19H,3-12,15-16H2,1-2H3,(H,26,30)/t19-,25+/m1/s1. The zero-order valence-corrected chi connectivity index (χ0v) is 19.3. The maximum Gasteiger partial charge on any atom is 0.271 e. The number of hydrogen-bond acceptors (Lipinski definition) is 4. The molecule has 3 aliphatic rings. The number of fused-ring (bicyclic) bond motifs is 3. The third-order valence-electron chi connectivity index (χ3n) is 7.58. The van der Waals surface area contributed by atoms with Crippen LogP contribution in [0.4, 0.5) is 0 Å². The fraction of sp³-hybridized carbons (Fsp3) is 0.680. The van der Waals surface area contributed by atoms with E-state index in [0.29, 0.717) is 24.4 Å². The maximum absolute atomic E-state index is 13.8. The smallest absolute Gasteiger partial charge is 0.271 e. The summed E-state index contributed by atoms with van der Waals surface area (Å²) in [6.45, 7) is 5.41. The second-order valence-electron chi connectivity index (χ2n) is 10.1. The van der Waals surface area contributed by atoms with E-state index in [9.17, 15) is 9.59 Å². The van der Waals surface area contributed by atoms with Gasteiger partial charge in [-0.25, -0.2) is 0 Å². The summed E-state index contributed by atoms with van der Waals surface area (Å²) >= 11 is 0. The van der Waals surface area contributed by atoms with Crippen LogP contribution in [0.15, 0.2) is 16.5 Å². The Bertz CT molecular complexity index is 994. The van der Waals surface area contributed by atoms with Crippen molar-refractivity contribution in [1.29, 1.82) is 0 Å². The van der Waals surface area contributed by atoms with Crippen LogP contribution >= 0.6 is 0 Å². The molecule has 32 heavy (non-hydrogen) atoms. The van der Waals surface area contributed by atoms with Gasteiger partial charge in [0.2, 0.25) is 5.91 Å². The van der Waals surface area contributed by atoms with Crippen LogP contribution in [0.3, 0.4) is 0 Å². The van der Waals surface area contributed by atoms with Gasteiger partial charge in [0, 0.05) is 31.3 Å². The van der Waals surface area contributed by atoms with E-state index in [4.69, 9.17) is 9.15 Å². The lowest BCUT2D eigenvalue weighted by atomic mass is 9.91. The first-order chi connectivity index (χ1) is 15.5. The molecule has 0 bridgehead atoms. The fourth-order valence-electron chi connectivity index (χ4n) is 5.68. The molecule has 1 saturated heterocycles. The Morgan fingerprint density at radius 1 is 1.12 bits per heavy atom. The van der Waals surface area contributed by atoms with Gasteiger partial charge < -0.3 is 23.9 Å². The molecule has 2 aliphatic heterocycles. The van der Waals surface area contributed by atoms with E-state index in [1.54, 1.807) is 4.90 Å². The van der Waals surface area contributed by atoms with Gasteiger partial charge in [0.05, 0.1) is 18.2 Å². The molecule has 2 fully saturated rings. The molecule has 7 heteroatoms. The number of rotatable bonds is 4. The first kappa shape index (κ1) is 21.6. The van der Waals surface area contributed by atoms with E-state index >= 15 is 0 Å². The van der Waals surface area contributed by atoms with Crippen LogP contribution in [0, 0.1) is 6.92 Å². The average molecular weight is 442 g/mol. The SMILES string of the molecule is Cc1cc2c(cc3n2C[C@@](C)(C(=O)NC2CCCCCCC2)N(C[C@H]2CCCO2)C3=O)o1. The lowest BCUT2D eigenvalue weighted by Gasteiger charge is -2.45. The van der Waals surface area contributed by atoms with E-state index in [1.807, 2.05) is 30.5 Å². The van der Waals surface area contributed by atoms with Crippen LogP contribution in [0.5, 0.6) is 0 Å². The second-order valence-corrected chi connectivity index (χ2v) is 10.1. The van der Waals surface area contributed by atoms with E-state index < -0.39 is 5.54 Å². The fourth-order valence-corrected chi connectivity index (χ4v) is 5.68. The van der Waals surface area contributed by atoms with Gasteiger partial charge in [-0.3, -0.25) is 9.59 Å². The summed E-state index contributed by atoms with van der Waals surface area (Å²) in [6, 6.07) is 3.95. The molecule has 1 aliphatic carbocycles. The lowest BCUT2D eigenvalue weighted by Crippen LogP contribution is -2.66. The molecule has 0 aromatic carbocycles. The van der Waals surface area contributed by atoms with Crippen LogP contribution in [0.2, 0.25) is 0 Å². The van der Waals surface area contributed by atoms with Crippen LogP contribution in [-0.4, -0.2) is 52.1 Å². The minimum absolute atomic E-state index is 0.0146. The topological polar surface area (TPSA) is 76.7 Å². The van der Waals surface area contributed by atoms with Gasteiger partial charge in [-0.2, -0.15) is 0 Å². The van der Waals surface area contributed by atoms with E-state index in [0.717, 1.165) is 56.4 Å². The Balaban J connectivity index is 1.47. The highest BCUT2D eigenvalue weighted by Gasteiger charge is 2.49. The number of ether oxygens (including phenoxy) is 1. The normalized spacial score (nSPS) is 27.4. The average Bonchev–Trinajstić information content (AvgIpc) is 3.44. The molecule has 174 valence electrons. The number of nitrogens with one attached hydrogen (secondary N) is 1. The number of aryl methyl sites for hydroxylation is 1. The Hall–Kier alpha value is -2.28. The summed E-state index contributed by atoms with van der Waals surface area (Å²) in [5.41, 5.74) is 1.20. The van der Waals surface area contributed by atoms with E-state index in [1.165, 1.54) is 19.3 Å². The molecule has 7 nitrogen and oxygen atoms in total. The van der Waals surface area contributed by atoms with Crippen molar-refractivity contribution < 1.29 is 18.7 Å². The predicted octanol–water partition coefficient (Wildman–Crippen LogP) is 4.17. The number of hydrogen-bond donors (Lipinski definition) is 1.